The summed E-state index contributed by atoms with van der Waals surface area (Å²) in [7, 11) is 2.25. The van der Waals surface area contributed by atoms with Crippen molar-refractivity contribution in [3.63, 3.8) is 0 Å². The highest BCUT2D eigenvalue weighted by Gasteiger charge is 2.39. The van der Waals surface area contributed by atoms with Crippen molar-refractivity contribution < 1.29 is 0 Å². The van der Waals surface area contributed by atoms with Crippen LogP contribution in [0, 0.1) is 5.41 Å². The van der Waals surface area contributed by atoms with Gasteiger partial charge in [-0.05, 0) is 73.5 Å². The van der Waals surface area contributed by atoms with E-state index in [0.29, 0.717) is 5.41 Å². The molecule has 2 aromatic carbocycles. The molecule has 0 saturated carbocycles. The lowest BCUT2D eigenvalue weighted by Gasteiger charge is -2.37. The van der Waals surface area contributed by atoms with Crippen molar-refractivity contribution in [3.8, 4) is 11.1 Å². The van der Waals surface area contributed by atoms with E-state index in [4.69, 9.17) is 0 Å². The van der Waals surface area contributed by atoms with Crippen molar-refractivity contribution in [2.45, 2.75) is 25.7 Å². The fourth-order valence-corrected chi connectivity index (χ4v) is 4.09. The van der Waals surface area contributed by atoms with E-state index < -0.39 is 0 Å². The van der Waals surface area contributed by atoms with Crippen LogP contribution in [0.4, 0.5) is 0 Å². The minimum absolute atomic E-state index is 0.560. The lowest BCUT2D eigenvalue weighted by Crippen LogP contribution is -2.38. The Bertz CT molecular complexity index is 636. The number of fused-ring (bicyclic) bond motifs is 1. The molecule has 0 amide bonds. The maximum absolute atomic E-state index is 2.48. The van der Waals surface area contributed by atoms with Crippen molar-refractivity contribution >= 4 is 0 Å². The Morgan fingerprint density at radius 3 is 2.29 bits per heavy atom. The first-order valence-corrected chi connectivity index (χ1v) is 8.10. The molecule has 1 heterocycles. The van der Waals surface area contributed by atoms with Crippen LogP contribution in [-0.4, -0.2) is 25.0 Å². The van der Waals surface area contributed by atoms with Crippen LogP contribution in [0.25, 0.3) is 11.1 Å². The highest BCUT2D eigenvalue weighted by molar-refractivity contribution is 5.65. The van der Waals surface area contributed by atoms with Gasteiger partial charge in [-0.3, -0.25) is 0 Å². The number of benzene rings is 2. The van der Waals surface area contributed by atoms with E-state index in [-0.39, 0.29) is 0 Å². The molecular weight excluding hydrogens is 254 g/mol. The summed E-state index contributed by atoms with van der Waals surface area (Å²) in [6.45, 7) is 2.53. The molecule has 0 bridgehead atoms. The molecule has 0 radical (unpaired) electrons. The molecule has 1 nitrogen and oxygen atoms in total. The summed E-state index contributed by atoms with van der Waals surface area (Å²) in [6.07, 6.45) is 5.31. The van der Waals surface area contributed by atoms with E-state index in [1.807, 2.05) is 0 Å². The standard InChI is InChI=1S/C20H23N/c1-21-11-9-20(10-12-21)14-18-8-7-17(13-19(18)15-20)16-5-3-2-4-6-16/h2-8,13H,9-12,14-15H2,1H3. The molecular formula is C20H23N. The van der Waals surface area contributed by atoms with Crippen LogP contribution in [0.2, 0.25) is 0 Å². The topological polar surface area (TPSA) is 3.24 Å². The van der Waals surface area contributed by atoms with Gasteiger partial charge in [0.2, 0.25) is 0 Å². The second-order valence-electron chi connectivity index (χ2n) is 7.01. The van der Waals surface area contributed by atoms with Crippen molar-refractivity contribution in [3.05, 3.63) is 59.7 Å². The highest BCUT2D eigenvalue weighted by atomic mass is 15.1. The van der Waals surface area contributed by atoms with Crippen LogP contribution in [-0.2, 0) is 12.8 Å². The van der Waals surface area contributed by atoms with Gasteiger partial charge in [-0.2, -0.15) is 0 Å². The van der Waals surface area contributed by atoms with Crippen molar-refractivity contribution in [1.82, 2.24) is 4.90 Å². The van der Waals surface area contributed by atoms with Gasteiger partial charge in [-0.15, -0.1) is 0 Å². The number of hydrogen-bond donors (Lipinski definition) is 0. The number of nitrogens with zero attached hydrogens (tertiary/aromatic N) is 1. The third kappa shape index (κ3) is 2.40. The Morgan fingerprint density at radius 2 is 1.52 bits per heavy atom. The summed E-state index contributed by atoms with van der Waals surface area (Å²) in [5, 5.41) is 0. The zero-order valence-corrected chi connectivity index (χ0v) is 12.8. The molecule has 1 spiro atoms. The molecule has 4 rings (SSSR count). The molecule has 21 heavy (non-hydrogen) atoms. The van der Waals surface area contributed by atoms with Gasteiger partial charge in [0.15, 0.2) is 0 Å². The molecule has 1 saturated heterocycles. The number of piperidine rings is 1. The van der Waals surface area contributed by atoms with Gasteiger partial charge in [0.05, 0.1) is 0 Å². The van der Waals surface area contributed by atoms with E-state index in [9.17, 15) is 0 Å². The van der Waals surface area contributed by atoms with Gasteiger partial charge >= 0.3 is 0 Å². The third-order valence-corrected chi connectivity index (χ3v) is 5.49. The van der Waals surface area contributed by atoms with Crippen LogP contribution in [0.5, 0.6) is 0 Å². The van der Waals surface area contributed by atoms with Crippen LogP contribution >= 0.6 is 0 Å². The molecule has 0 aromatic heterocycles. The Balaban J connectivity index is 1.62. The van der Waals surface area contributed by atoms with Crippen LogP contribution < -0.4 is 0 Å². The van der Waals surface area contributed by atoms with Gasteiger partial charge in [0.1, 0.15) is 0 Å². The average molecular weight is 277 g/mol. The maximum Gasteiger partial charge on any atom is -0.00163 e. The Hall–Kier alpha value is -1.60. The minimum Gasteiger partial charge on any atom is -0.306 e. The number of rotatable bonds is 1. The fourth-order valence-electron chi connectivity index (χ4n) is 4.09. The summed E-state index contributed by atoms with van der Waals surface area (Å²) in [4.78, 5) is 2.48. The SMILES string of the molecule is CN1CCC2(CC1)Cc1ccc(-c3ccccc3)cc1C2. The first-order valence-electron chi connectivity index (χ1n) is 8.10. The van der Waals surface area contributed by atoms with Crippen LogP contribution in [0.1, 0.15) is 24.0 Å². The molecule has 2 aromatic rings. The van der Waals surface area contributed by atoms with Gasteiger partial charge in [-0.25, -0.2) is 0 Å². The highest BCUT2D eigenvalue weighted by Crippen LogP contribution is 2.45. The van der Waals surface area contributed by atoms with Crippen molar-refractivity contribution in [1.29, 1.82) is 0 Å². The Morgan fingerprint density at radius 1 is 0.810 bits per heavy atom. The summed E-state index contributed by atoms with van der Waals surface area (Å²) in [5.74, 6) is 0. The molecule has 1 aliphatic heterocycles. The van der Waals surface area contributed by atoms with Gasteiger partial charge < -0.3 is 4.90 Å². The molecule has 1 aliphatic carbocycles. The average Bonchev–Trinajstić information content (AvgIpc) is 2.88. The summed E-state index contributed by atoms with van der Waals surface area (Å²) in [5.41, 5.74) is 6.47. The predicted octanol–water partition coefficient (Wildman–Crippen LogP) is 4.16. The monoisotopic (exact) mass is 277 g/mol. The number of likely N-dealkylation sites (tertiary alicyclic amines) is 1. The van der Waals surface area contributed by atoms with E-state index in [1.165, 1.54) is 49.9 Å². The summed E-state index contributed by atoms with van der Waals surface area (Å²) in [6, 6.07) is 17.9. The van der Waals surface area contributed by atoms with Gasteiger partial charge in [-0.1, -0.05) is 48.5 Å². The third-order valence-electron chi connectivity index (χ3n) is 5.49. The smallest absolute Gasteiger partial charge is 0.00163 e. The molecule has 108 valence electrons. The van der Waals surface area contributed by atoms with Gasteiger partial charge in [0.25, 0.3) is 0 Å². The fraction of sp³-hybridized carbons (Fsp3) is 0.400. The first-order chi connectivity index (χ1) is 10.2. The lowest BCUT2D eigenvalue weighted by molar-refractivity contribution is 0.131. The molecule has 0 N–H and O–H groups in total. The normalized spacial score (nSPS) is 20.6. The maximum atomic E-state index is 2.48. The molecule has 0 unspecified atom stereocenters. The van der Waals surface area contributed by atoms with Crippen molar-refractivity contribution in [2.75, 3.05) is 20.1 Å². The van der Waals surface area contributed by atoms with Gasteiger partial charge in [0, 0.05) is 0 Å². The number of hydrogen-bond acceptors (Lipinski definition) is 1. The Kier molecular flexibility index (Phi) is 3.11. The second-order valence-corrected chi connectivity index (χ2v) is 7.01. The summed E-state index contributed by atoms with van der Waals surface area (Å²) < 4.78 is 0. The largest absolute Gasteiger partial charge is 0.306 e. The van der Waals surface area contributed by atoms with E-state index in [1.54, 1.807) is 11.1 Å². The first kappa shape index (κ1) is 13.1. The molecule has 0 atom stereocenters. The van der Waals surface area contributed by atoms with Crippen LogP contribution in [0.15, 0.2) is 48.5 Å². The minimum atomic E-state index is 0.560. The van der Waals surface area contributed by atoms with E-state index >= 15 is 0 Å². The molecule has 1 fully saturated rings. The van der Waals surface area contributed by atoms with Crippen LogP contribution in [0.3, 0.4) is 0 Å². The van der Waals surface area contributed by atoms with Crippen molar-refractivity contribution in [2.24, 2.45) is 5.41 Å². The quantitative estimate of drug-likeness (QED) is 0.756. The molecule has 2 aliphatic rings. The van der Waals surface area contributed by atoms with E-state index in [2.05, 4.69) is 60.5 Å². The predicted molar refractivity (Wildman–Crippen MR) is 88.5 cm³/mol. The zero-order valence-electron chi connectivity index (χ0n) is 12.8. The van der Waals surface area contributed by atoms with E-state index in [0.717, 1.165) is 0 Å². The lowest BCUT2D eigenvalue weighted by atomic mass is 9.76. The summed E-state index contributed by atoms with van der Waals surface area (Å²) >= 11 is 0. The Labute approximate surface area is 127 Å². The second kappa shape index (κ2) is 4.99. The zero-order chi connectivity index (χ0) is 14.3. The molecule has 1 heteroatoms.